The fourth-order valence-corrected chi connectivity index (χ4v) is 3.57. The van der Waals surface area contributed by atoms with E-state index >= 15 is 0 Å². The Morgan fingerprint density at radius 3 is 2.61 bits per heavy atom. The van der Waals surface area contributed by atoms with Crippen molar-refractivity contribution in [3.8, 4) is 11.1 Å². The van der Waals surface area contributed by atoms with Gasteiger partial charge in [-0.1, -0.05) is 30.3 Å². The molecule has 23 heavy (non-hydrogen) atoms. The van der Waals surface area contributed by atoms with Gasteiger partial charge >= 0.3 is 0 Å². The molecular weight excluding hydrogens is 304 g/mol. The van der Waals surface area contributed by atoms with Crippen LogP contribution in [0.25, 0.3) is 33.1 Å². The highest BCUT2D eigenvalue weighted by molar-refractivity contribution is 7.98. The summed E-state index contributed by atoms with van der Waals surface area (Å²) in [6.45, 7) is 1.88. The summed E-state index contributed by atoms with van der Waals surface area (Å²) in [6, 6.07) is 16.4. The van der Waals surface area contributed by atoms with Crippen LogP contribution in [0.2, 0.25) is 0 Å². The topological polar surface area (TPSA) is 48.6 Å². The molecule has 4 heteroatoms. The molecule has 0 saturated heterocycles. The van der Waals surface area contributed by atoms with Gasteiger partial charge in [-0.15, -0.1) is 11.8 Å². The van der Waals surface area contributed by atoms with Gasteiger partial charge in [0.15, 0.2) is 0 Å². The molecule has 2 aromatic heterocycles. The lowest BCUT2D eigenvalue weighted by atomic mass is 10.0. The molecule has 0 saturated carbocycles. The van der Waals surface area contributed by atoms with Gasteiger partial charge in [0.05, 0.1) is 11.0 Å². The van der Waals surface area contributed by atoms with Crippen LogP contribution in [0.3, 0.4) is 0 Å². The first-order valence-corrected chi connectivity index (χ1v) is 8.69. The number of benzene rings is 2. The Bertz CT molecular complexity index is 1090. The number of thioether (sulfide) groups is 1. The van der Waals surface area contributed by atoms with Gasteiger partial charge in [0.2, 0.25) is 0 Å². The van der Waals surface area contributed by atoms with Crippen LogP contribution in [-0.4, -0.2) is 16.2 Å². The minimum Gasteiger partial charge on any atom is -0.353 e. The van der Waals surface area contributed by atoms with Crippen molar-refractivity contribution in [3.05, 3.63) is 64.4 Å². The summed E-state index contributed by atoms with van der Waals surface area (Å²) in [6.07, 6.45) is 2.06. The number of hydrogen-bond donors (Lipinski definition) is 2. The third kappa shape index (κ3) is 2.18. The first-order chi connectivity index (χ1) is 11.2. The number of rotatable bonds is 2. The van der Waals surface area contributed by atoms with Gasteiger partial charge < -0.3 is 9.97 Å². The van der Waals surface area contributed by atoms with E-state index in [4.69, 9.17) is 0 Å². The number of aromatic nitrogens is 2. The highest BCUT2D eigenvalue weighted by atomic mass is 32.2. The molecule has 0 aliphatic carbocycles. The first kappa shape index (κ1) is 14.2. The maximum atomic E-state index is 12.4. The number of aromatic amines is 2. The monoisotopic (exact) mass is 320 g/mol. The van der Waals surface area contributed by atoms with Crippen LogP contribution in [0.5, 0.6) is 0 Å². The second kappa shape index (κ2) is 5.32. The van der Waals surface area contributed by atoms with Crippen molar-refractivity contribution in [2.24, 2.45) is 0 Å². The van der Waals surface area contributed by atoms with Crippen molar-refractivity contribution in [1.82, 2.24) is 9.97 Å². The van der Waals surface area contributed by atoms with E-state index in [0.717, 1.165) is 38.6 Å². The molecule has 0 radical (unpaired) electrons. The maximum absolute atomic E-state index is 12.4. The molecule has 3 nitrogen and oxygen atoms in total. The van der Waals surface area contributed by atoms with Gasteiger partial charge in [-0.05, 0) is 36.9 Å². The second-order valence-electron chi connectivity index (χ2n) is 5.61. The summed E-state index contributed by atoms with van der Waals surface area (Å²) in [7, 11) is 0. The minimum atomic E-state index is -0.0354. The Hall–Kier alpha value is -2.46. The van der Waals surface area contributed by atoms with E-state index in [-0.39, 0.29) is 5.56 Å². The van der Waals surface area contributed by atoms with Crippen LogP contribution in [0, 0.1) is 6.92 Å². The van der Waals surface area contributed by atoms with E-state index in [9.17, 15) is 4.79 Å². The molecule has 2 N–H and O–H groups in total. The predicted molar refractivity (Wildman–Crippen MR) is 98.4 cm³/mol. The molecular formula is C19H16N2OS. The van der Waals surface area contributed by atoms with E-state index in [2.05, 4.69) is 34.4 Å². The van der Waals surface area contributed by atoms with E-state index in [1.54, 1.807) is 11.8 Å². The summed E-state index contributed by atoms with van der Waals surface area (Å²) in [5.41, 5.74) is 5.65. The average molecular weight is 320 g/mol. The predicted octanol–water partition coefficient (Wildman–Crippen LogP) is 4.71. The number of pyridine rings is 1. The van der Waals surface area contributed by atoms with Gasteiger partial charge in [0.1, 0.15) is 0 Å². The molecule has 0 fully saturated rings. The summed E-state index contributed by atoms with van der Waals surface area (Å²) in [5.74, 6) is 0. The van der Waals surface area contributed by atoms with Gasteiger partial charge in [-0.3, -0.25) is 4.79 Å². The molecule has 0 amide bonds. The van der Waals surface area contributed by atoms with Crippen LogP contribution in [0.1, 0.15) is 5.56 Å². The Labute approximate surface area is 137 Å². The van der Waals surface area contributed by atoms with E-state index in [1.165, 1.54) is 4.90 Å². The molecule has 0 aliphatic heterocycles. The maximum Gasteiger partial charge on any atom is 0.252 e. The van der Waals surface area contributed by atoms with Crippen molar-refractivity contribution < 1.29 is 0 Å². The fraction of sp³-hybridized carbons (Fsp3) is 0.105. The number of para-hydroxylation sites is 1. The fourth-order valence-electron chi connectivity index (χ4n) is 3.11. The summed E-state index contributed by atoms with van der Waals surface area (Å²) < 4.78 is 0. The summed E-state index contributed by atoms with van der Waals surface area (Å²) in [4.78, 5) is 20.1. The van der Waals surface area contributed by atoms with Crippen molar-refractivity contribution in [3.63, 3.8) is 0 Å². The molecule has 0 unspecified atom stereocenters. The van der Waals surface area contributed by atoms with Gasteiger partial charge in [0, 0.05) is 26.9 Å². The lowest BCUT2D eigenvalue weighted by molar-refractivity contribution is 1.24. The summed E-state index contributed by atoms with van der Waals surface area (Å²) in [5, 5.41) is 1.04. The third-order valence-corrected chi connectivity index (χ3v) is 4.99. The Kier molecular flexibility index (Phi) is 3.27. The molecule has 0 bridgehead atoms. The molecule has 4 rings (SSSR count). The zero-order valence-corrected chi connectivity index (χ0v) is 13.8. The van der Waals surface area contributed by atoms with Gasteiger partial charge in [0.25, 0.3) is 5.56 Å². The van der Waals surface area contributed by atoms with Gasteiger partial charge in [-0.2, -0.15) is 0 Å². The van der Waals surface area contributed by atoms with E-state index < -0.39 is 0 Å². The average Bonchev–Trinajstić information content (AvgIpc) is 2.94. The van der Waals surface area contributed by atoms with Crippen LogP contribution >= 0.6 is 11.8 Å². The number of H-pyrrole nitrogens is 2. The van der Waals surface area contributed by atoms with Crippen molar-refractivity contribution in [2.75, 3.05) is 6.26 Å². The molecule has 0 spiro atoms. The molecule has 2 heterocycles. The van der Waals surface area contributed by atoms with Crippen LogP contribution in [-0.2, 0) is 0 Å². The highest BCUT2D eigenvalue weighted by Crippen LogP contribution is 2.33. The number of fused-ring (bicyclic) bond motifs is 3. The van der Waals surface area contributed by atoms with Crippen LogP contribution < -0.4 is 5.56 Å². The molecule has 0 aliphatic rings. The van der Waals surface area contributed by atoms with Crippen molar-refractivity contribution >= 4 is 33.7 Å². The SMILES string of the molecule is CSc1cccc(-c2c(C)c(=O)[nH]c3c2[nH]c2ccccc23)c1. The van der Waals surface area contributed by atoms with E-state index in [1.807, 2.05) is 37.3 Å². The number of hydrogen-bond acceptors (Lipinski definition) is 2. The largest absolute Gasteiger partial charge is 0.353 e. The zero-order valence-electron chi connectivity index (χ0n) is 12.9. The second-order valence-corrected chi connectivity index (χ2v) is 6.49. The third-order valence-electron chi connectivity index (χ3n) is 4.27. The number of nitrogens with one attached hydrogen (secondary N) is 2. The van der Waals surface area contributed by atoms with E-state index in [0.29, 0.717) is 0 Å². The van der Waals surface area contributed by atoms with Gasteiger partial charge in [-0.25, -0.2) is 0 Å². The molecule has 114 valence electrons. The minimum absolute atomic E-state index is 0.0354. The normalized spacial score (nSPS) is 11.4. The first-order valence-electron chi connectivity index (χ1n) is 7.47. The van der Waals surface area contributed by atoms with Crippen molar-refractivity contribution in [2.45, 2.75) is 11.8 Å². The molecule has 4 aromatic rings. The molecule has 2 aromatic carbocycles. The lowest BCUT2D eigenvalue weighted by Gasteiger charge is -2.09. The quantitative estimate of drug-likeness (QED) is 0.526. The highest BCUT2D eigenvalue weighted by Gasteiger charge is 2.15. The summed E-state index contributed by atoms with van der Waals surface area (Å²) >= 11 is 1.70. The standard InChI is InChI=1S/C19H16N2OS/c1-11-16(12-6-5-7-13(10-12)23-2)18-17(21-19(11)22)14-8-3-4-9-15(14)20-18/h3-10,20H,1-2H3,(H,21,22). The Morgan fingerprint density at radius 2 is 1.78 bits per heavy atom. The molecule has 0 atom stereocenters. The lowest BCUT2D eigenvalue weighted by Crippen LogP contribution is -2.10. The Balaban J connectivity index is 2.16. The van der Waals surface area contributed by atoms with Crippen LogP contribution in [0.4, 0.5) is 0 Å². The van der Waals surface area contributed by atoms with Crippen LogP contribution in [0.15, 0.2) is 58.2 Å². The zero-order chi connectivity index (χ0) is 16.0. The van der Waals surface area contributed by atoms with Crippen molar-refractivity contribution in [1.29, 1.82) is 0 Å². The smallest absolute Gasteiger partial charge is 0.252 e. The Morgan fingerprint density at radius 1 is 0.957 bits per heavy atom.